The second-order valence-corrected chi connectivity index (χ2v) is 8.84. The number of anilines is 1. The third kappa shape index (κ3) is 6.95. The number of aliphatic hydroxyl groups excluding tert-OH is 1. The van der Waals surface area contributed by atoms with Crippen molar-refractivity contribution in [1.29, 1.82) is 0 Å². The Hall–Kier alpha value is -2.09. The molecule has 1 aliphatic heterocycles. The van der Waals surface area contributed by atoms with Gasteiger partial charge in [-0.05, 0) is 37.5 Å². The predicted octanol–water partition coefficient (Wildman–Crippen LogP) is 2.98. The number of rotatable bonds is 9. The summed E-state index contributed by atoms with van der Waals surface area (Å²) in [6.45, 7) is 13.1. The van der Waals surface area contributed by atoms with Gasteiger partial charge in [0.15, 0.2) is 0 Å². The van der Waals surface area contributed by atoms with Crippen LogP contribution in [-0.4, -0.2) is 72.0 Å². The van der Waals surface area contributed by atoms with Crippen molar-refractivity contribution in [3.8, 4) is 0 Å². The summed E-state index contributed by atoms with van der Waals surface area (Å²) in [5.74, 6) is 1.93. The van der Waals surface area contributed by atoms with Gasteiger partial charge in [-0.3, -0.25) is 4.90 Å². The SMILES string of the molecule is Cc1nc(C)c(Cc2cccc(F)c2)c(N2CCN(C[C@@H](O)COCC(C)C)CC2)n1. The zero-order valence-electron chi connectivity index (χ0n) is 19.1. The number of ether oxygens (including phenoxy) is 1. The molecule has 7 heteroatoms. The second-order valence-electron chi connectivity index (χ2n) is 8.84. The molecule has 2 aromatic rings. The number of nitrogens with zero attached hydrogens (tertiary/aromatic N) is 4. The first kappa shape index (κ1) is 23.6. The Kier molecular flexibility index (Phi) is 8.35. The molecule has 1 aliphatic rings. The summed E-state index contributed by atoms with van der Waals surface area (Å²) in [6, 6.07) is 6.71. The van der Waals surface area contributed by atoms with Crippen molar-refractivity contribution in [2.75, 3.05) is 50.8 Å². The van der Waals surface area contributed by atoms with E-state index >= 15 is 0 Å². The van der Waals surface area contributed by atoms with E-state index in [-0.39, 0.29) is 5.82 Å². The zero-order valence-corrected chi connectivity index (χ0v) is 19.1. The van der Waals surface area contributed by atoms with Crippen molar-refractivity contribution in [3.05, 3.63) is 52.7 Å². The highest BCUT2D eigenvalue weighted by Gasteiger charge is 2.23. The van der Waals surface area contributed by atoms with Crippen LogP contribution >= 0.6 is 0 Å². The molecule has 0 saturated carbocycles. The molecule has 6 nitrogen and oxygen atoms in total. The van der Waals surface area contributed by atoms with Gasteiger partial charge in [0, 0.05) is 57.0 Å². The summed E-state index contributed by atoms with van der Waals surface area (Å²) in [4.78, 5) is 13.9. The summed E-state index contributed by atoms with van der Waals surface area (Å²) in [5.41, 5.74) is 2.90. The van der Waals surface area contributed by atoms with Crippen LogP contribution in [0.25, 0.3) is 0 Å². The average Bonchev–Trinajstić information content (AvgIpc) is 2.70. The Morgan fingerprint density at radius 2 is 1.84 bits per heavy atom. The van der Waals surface area contributed by atoms with Crippen LogP contribution in [-0.2, 0) is 11.2 Å². The van der Waals surface area contributed by atoms with E-state index in [4.69, 9.17) is 9.72 Å². The van der Waals surface area contributed by atoms with Gasteiger partial charge in [0.1, 0.15) is 17.5 Å². The number of aliphatic hydroxyl groups is 1. The molecule has 1 aromatic carbocycles. The topological polar surface area (TPSA) is 61.7 Å². The molecule has 2 heterocycles. The minimum atomic E-state index is -0.475. The van der Waals surface area contributed by atoms with Crippen molar-refractivity contribution in [1.82, 2.24) is 14.9 Å². The molecular formula is C24H35FN4O2. The molecule has 1 fully saturated rings. The molecule has 0 unspecified atom stereocenters. The maximum atomic E-state index is 13.7. The molecule has 3 rings (SSSR count). The summed E-state index contributed by atoms with van der Waals surface area (Å²) in [5, 5.41) is 10.3. The number of aryl methyl sites for hydroxylation is 2. The van der Waals surface area contributed by atoms with Crippen molar-refractivity contribution < 1.29 is 14.2 Å². The van der Waals surface area contributed by atoms with Crippen LogP contribution in [0.2, 0.25) is 0 Å². The van der Waals surface area contributed by atoms with Crippen LogP contribution in [0.5, 0.6) is 0 Å². The third-order valence-corrected chi connectivity index (χ3v) is 5.48. The van der Waals surface area contributed by atoms with Gasteiger partial charge in [-0.15, -0.1) is 0 Å². The van der Waals surface area contributed by atoms with Crippen molar-refractivity contribution >= 4 is 5.82 Å². The number of aromatic nitrogens is 2. The largest absolute Gasteiger partial charge is 0.389 e. The van der Waals surface area contributed by atoms with Gasteiger partial charge >= 0.3 is 0 Å². The Labute approximate surface area is 185 Å². The Morgan fingerprint density at radius 1 is 1.10 bits per heavy atom. The maximum absolute atomic E-state index is 13.7. The molecule has 1 atom stereocenters. The van der Waals surface area contributed by atoms with E-state index in [9.17, 15) is 9.50 Å². The maximum Gasteiger partial charge on any atom is 0.136 e. The number of piperazine rings is 1. The fourth-order valence-electron chi connectivity index (χ4n) is 3.97. The van der Waals surface area contributed by atoms with Crippen LogP contribution in [0, 0.1) is 25.6 Å². The lowest BCUT2D eigenvalue weighted by Crippen LogP contribution is -2.49. The van der Waals surface area contributed by atoms with Gasteiger partial charge in [-0.1, -0.05) is 26.0 Å². The Bertz CT molecular complexity index is 853. The number of benzene rings is 1. The minimum absolute atomic E-state index is 0.228. The first-order chi connectivity index (χ1) is 14.8. The van der Waals surface area contributed by atoms with E-state index < -0.39 is 6.10 Å². The molecule has 1 N–H and O–H groups in total. The lowest BCUT2D eigenvalue weighted by atomic mass is 10.0. The van der Waals surface area contributed by atoms with Crippen molar-refractivity contribution in [2.24, 2.45) is 5.92 Å². The number of β-amino-alcohol motifs (C(OH)–C–C–N with tert-alkyl or cyclic N) is 1. The predicted molar refractivity (Wildman–Crippen MR) is 121 cm³/mol. The van der Waals surface area contributed by atoms with Gasteiger partial charge in [0.2, 0.25) is 0 Å². The first-order valence-corrected chi connectivity index (χ1v) is 11.1. The molecule has 1 aromatic heterocycles. The van der Waals surface area contributed by atoms with Crippen molar-refractivity contribution in [3.63, 3.8) is 0 Å². The van der Waals surface area contributed by atoms with Gasteiger partial charge in [-0.25, -0.2) is 14.4 Å². The van der Waals surface area contributed by atoms with Gasteiger partial charge in [0.05, 0.1) is 12.7 Å². The van der Waals surface area contributed by atoms with E-state index in [2.05, 4.69) is 28.6 Å². The summed E-state index contributed by atoms with van der Waals surface area (Å²) in [7, 11) is 0. The zero-order chi connectivity index (χ0) is 22.4. The minimum Gasteiger partial charge on any atom is -0.389 e. The summed E-state index contributed by atoms with van der Waals surface area (Å²) >= 11 is 0. The highest BCUT2D eigenvalue weighted by atomic mass is 19.1. The molecule has 170 valence electrons. The molecular weight excluding hydrogens is 395 g/mol. The van der Waals surface area contributed by atoms with E-state index in [1.165, 1.54) is 6.07 Å². The number of halogens is 1. The van der Waals surface area contributed by atoms with E-state index in [0.29, 0.717) is 32.1 Å². The highest BCUT2D eigenvalue weighted by Crippen LogP contribution is 2.25. The molecule has 0 spiro atoms. The van der Waals surface area contributed by atoms with E-state index in [1.807, 2.05) is 19.9 Å². The van der Waals surface area contributed by atoms with E-state index in [0.717, 1.165) is 54.6 Å². The third-order valence-electron chi connectivity index (χ3n) is 5.48. The number of hydrogen-bond donors (Lipinski definition) is 1. The molecule has 0 bridgehead atoms. The van der Waals surface area contributed by atoms with Crippen LogP contribution < -0.4 is 4.90 Å². The Balaban J connectivity index is 1.63. The van der Waals surface area contributed by atoms with Crippen LogP contribution in [0.4, 0.5) is 10.2 Å². The van der Waals surface area contributed by atoms with Gasteiger partial charge in [0.25, 0.3) is 0 Å². The normalized spacial score (nSPS) is 16.2. The van der Waals surface area contributed by atoms with Crippen LogP contribution in [0.3, 0.4) is 0 Å². The van der Waals surface area contributed by atoms with Crippen LogP contribution in [0.15, 0.2) is 24.3 Å². The fourth-order valence-corrected chi connectivity index (χ4v) is 3.97. The standard InChI is InChI=1S/C24H35FN4O2/c1-17(2)15-31-16-22(30)14-28-8-10-29(11-9-28)24-23(18(3)26-19(4)27-24)13-20-6-5-7-21(25)12-20/h5-7,12,17,22,30H,8-11,13-16H2,1-4H3/t22-/m1/s1. The second kappa shape index (κ2) is 11.0. The van der Waals surface area contributed by atoms with Crippen LogP contribution in [0.1, 0.15) is 36.5 Å². The summed E-state index contributed by atoms with van der Waals surface area (Å²) < 4.78 is 19.2. The highest BCUT2D eigenvalue weighted by molar-refractivity contribution is 5.51. The first-order valence-electron chi connectivity index (χ1n) is 11.1. The quantitative estimate of drug-likeness (QED) is 0.660. The smallest absolute Gasteiger partial charge is 0.136 e. The molecule has 0 radical (unpaired) electrons. The monoisotopic (exact) mass is 430 g/mol. The lowest BCUT2D eigenvalue weighted by molar-refractivity contribution is 0.00745. The molecule has 0 amide bonds. The van der Waals surface area contributed by atoms with Gasteiger partial charge in [-0.2, -0.15) is 0 Å². The van der Waals surface area contributed by atoms with Gasteiger partial charge < -0.3 is 14.7 Å². The van der Waals surface area contributed by atoms with E-state index in [1.54, 1.807) is 12.1 Å². The summed E-state index contributed by atoms with van der Waals surface area (Å²) in [6.07, 6.45) is 0.128. The average molecular weight is 431 g/mol. The Morgan fingerprint density at radius 3 is 2.52 bits per heavy atom. The lowest BCUT2D eigenvalue weighted by Gasteiger charge is -2.37. The number of hydrogen-bond acceptors (Lipinski definition) is 6. The van der Waals surface area contributed by atoms with Crippen molar-refractivity contribution in [2.45, 2.75) is 40.2 Å². The molecule has 31 heavy (non-hydrogen) atoms. The fraction of sp³-hybridized carbons (Fsp3) is 0.583. The molecule has 0 aliphatic carbocycles. The molecule has 1 saturated heterocycles.